The van der Waals surface area contributed by atoms with Gasteiger partial charge in [0.2, 0.25) is 11.8 Å². The topological polar surface area (TPSA) is 70.5 Å². The van der Waals surface area contributed by atoms with Gasteiger partial charge in [-0.2, -0.15) is 0 Å². The average molecular weight is 434 g/mol. The molecule has 0 spiro atoms. The molecule has 0 atom stereocenters. The van der Waals surface area contributed by atoms with E-state index in [1.165, 1.54) is 0 Å². The van der Waals surface area contributed by atoms with E-state index < -0.39 is 0 Å². The molecule has 1 aliphatic heterocycles. The molecule has 168 valence electrons. The minimum Gasteiger partial charge on any atom is -0.353 e. The minimum absolute atomic E-state index is 0.0532. The van der Waals surface area contributed by atoms with E-state index in [0.29, 0.717) is 38.4 Å². The summed E-state index contributed by atoms with van der Waals surface area (Å²) in [5.74, 6) is 1.02. The molecule has 7 heteroatoms. The van der Waals surface area contributed by atoms with Crippen LogP contribution in [-0.4, -0.2) is 52.4 Å². The van der Waals surface area contributed by atoms with E-state index in [9.17, 15) is 9.59 Å². The molecule has 4 rings (SSSR count). The summed E-state index contributed by atoms with van der Waals surface area (Å²) < 4.78 is 2.19. The van der Waals surface area contributed by atoms with Gasteiger partial charge in [0, 0.05) is 62.8 Å². The molecule has 1 aliphatic rings. The minimum atomic E-state index is -0.0532. The number of hydrogen-bond donors (Lipinski definition) is 1. The number of amides is 2. The number of pyridine rings is 1. The SMILES string of the molecule is CC(C)n1ccc2c(NC(=O)CCCC(=O)N3CCN(c4ccccn4)CC3)cccc21. The van der Waals surface area contributed by atoms with Gasteiger partial charge in [0.05, 0.1) is 11.2 Å². The van der Waals surface area contributed by atoms with Crippen LogP contribution in [0.4, 0.5) is 11.5 Å². The van der Waals surface area contributed by atoms with Crippen LogP contribution in [-0.2, 0) is 9.59 Å². The zero-order valence-corrected chi connectivity index (χ0v) is 18.8. The first-order chi connectivity index (χ1) is 15.5. The third kappa shape index (κ3) is 4.93. The molecule has 1 N–H and O–H groups in total. The molecule has 2 amide bonds. The number of piperazine rings is 1. The number of carbonyl (C=O) groups is 2. The summed E-state index contributed by atoms with van der Waals surface area (Å²) in [5, 5.41) is 4.06. The Morgan fingerprint density at radius 2 is 1.81 bits per heavy atom. The Hall–Kier alpha value is -3.35. The first kappa shape index (κ1) is 21.9. The number of nitrogens with zero attached hydrogens (tertiary/aromatic N) is 4. The largest absolute Gasteiger partial charge is 0.353 e. The molecule has 1 fully saturated rings. The van der Waals surface area contributed by atoms with Crippen molar-refractivity contribution in [2.24, 2.45) is 0 Å². The molecule has 32 heavy (non-hydrogen) atoms. The summed E-state index contributed by atoms with van der Waals surface area (Å²) in [4.78, 5) is 33.6. The lowest BCUT2D eigenvalue weighted by Crippen LogP contribution is -2.49. The molecule has 0 aliphatic carbocycles. The van der Waals surface area contributed by atoms with Crippen LogP contribution >= 0.6 is 0 Å². The Morgan fingerprint density at radius 1 is 1.00 bits per heavy atom. The lowest BCUT2D eigenvalue weighted by molar-refractivity contribution is -0.131. The molecule has 0 saturated carbocycles. The van der Waals surface area contributed by atoms with Crippen molar-refractivity contribution in [2.45, 2.75) is 39.2 Å². The number of carbonyl (C=O) groups excluding carboxylic acids is 2. The van der Waals surface area contributed by atoms with Crippen molar-refractivity contribution in [1.29, 1.82) is 0 Å². The summed E-state index contributed by atoms with van der Waals surface area (Å²) in [6.07, 6.45) is 5.12. The lowest BCUT2D eigenvalue weighted by Gasteiger charge is -2.35. The van der Waals surface area contributed by atoms with Crippen molar-refractivity contribution in [3.63, 3.8) is 0 Å². The third-order valence-electron chi connectivity index (χ3n) is 5.99. The van der Waals surface area contributed by atoms with E-state index in [1.54, 1.807) is 6.20 Å². The highest BCUT2D eigenvalue weighted by Crippen LogP contribution is 2.27. The van der Waals surface area contributed by atoms with Crippen LogP contribution in [0.25, 0.3) is 10.9 Å². The summed E-state index contributed by atoms with van der Waals surface area (Å²) in [7, 11) is 0. The smallest absolute Gasteiger partial charge is 0.224 e. The summed E-state index contributed by atoms with van der Waals surface area (Å²) in [5.41, 5.74) is 1.93. The molecular weight excluding hydrogens is 402 g/mol. The second-order valence-electron chi connectivity index (χ2n) is 8.51. The Labute approximate surface area is 189 Å². The van der Waals surface area contributed by atoms with Crippen molar-refractivity contribution in [1.82, 2.24) is 14.5 Å². The van der Waals surface area contributed by atoms with Crippen LogP contribution in [0.15, 0.2) is 54.9 Å². The zero-order chi connectivity index (χ0) is 22.5. The van der Waals surface area contributed by atoms with Gasteiger partial charge >= 0.3 is 0 Å². The second kappa shape index (κ2) is 9.85. The van der Waals surface area contributed by atoms with Crippen LogP contribution in [0, 0.1) is 0 Å². The number of nitrogens with one attached hydrogen (secondary N) is 1. The molecule has 3 aromatic rings. The van der Waals surface area contributed by atoms with Crippen molar-refractivity contribution < 1.29 is 9.59 Å². The molecule has 2 aromatic heterocycles. The second-order valence-corrected chi connectivity index (χ2v) is 8.51. The first-order valence-corrected chi connectivity index (χ1v) is 11.4. The quantitative estimate of drug-likeness (QED) is 0.610. The highest BCUT2D eigenvalue weighted by molar-refractivity contribution is 6.01. The number of anilines is 2. The molecule has 0 radical (unpaired) electrons. The number of rotatable bonds is 7. The van der Waals surface area contributed by atoms with Crippen LogP contribution in [0.2, 0.25) is 0 Å². The van der Waals surface area contributed by atoms with Gasteiger partial charge in [0.15, 0.2) is 0 Å². The van der Waals surface area contributed by atoms with Crippen molar-refractivity contribution >= 4 is 34.2 Å². The van der Waals surface area contributed by atoms with Gasteiger partial charge in [-0.25, -0.2) is 4.98 Å². The molecule has 7 nitrogen and oxygen atoms in total. The predicted molar refractivity (Wildman–Crippen MR) is 128 cm³/mol. The van der Waals surface area contributed by atoms with Gasteiger partial charge in [-0.15, -0.1) is 0 Å². The summed E-state index contributed by atoms with van der Waals surface area (Å²) >= 11 is 0. The fourth-order valence-corrected chi connectivity index (χ4v) is 4.24. The average Bonchev–Trinajstić information content (AvgIpc) is 3.25. The highest BCUT2D eigenvalue weighted by Gasteiger charge is 2.21. The number of aromatic nitrogens is 2. The van der Waals surface area contributed by atoms with E-state index >= 15 is 0 Å². The van der Waals surface area contributed by atoms with Crippen LogP contribution in [0.5, 0.6) is 0 Å². The highest BCUT2D eigenvalue weighted by atomic mass is 16.2. The van der Waals surface area contributed by atoms with E-state index in [1.807, 2.05) is 41.3 Å². The standard InChI is InChI=1S/C25H31N5O2/c1-19(2)30-14-12-20-21(7-5-8-22(20)30)27-24(31)10-6-11-25(32)29-17-15-28(16-18-29)23-9-3-4-13-26-23/h3-5,7-9,12-14,19H,6,10-11,15-18H2,1-2H3,(H,27,31). The van der Waals surface area contributed by atoms with Gasteiger partial charge in [-0.3, -0.25) is 9.59 Å². The maximum Gasteiger partial charge on any atom is 0.224 e. The number of benzene rings is 1. The molecule has 1 aromatic carbocycles. The van der Waals surface area contributed by atoms with E-state index in [0.717, 1.165) is 35.5 Å². The van der Waals surface area contributed by atoms with Crippen LogP contribution < -0.4 is 10.2 Å². The van der Waals surface area contributed by atoms with Gasteiger partial charge in [0.25, 0.3) is 0 Å². The lowest BCUT2D eigenvalue weighted by atomic mass is 10.1. The number of fused-ring (bicyclic) bond motifs is 1. The summed E-state index contributed by atoms with van der Waals surface area (Å²) in [6.45, 7) is 7.22. The summed E-state index contributed by atoms with van der Waals surface area (Å²) in [6, 6.07) is 14.2. The molecule has 1 saturated heterocycles. The Bertz CT molecular complexity index is 1070. The predicted octanol–water partition coefficient (Wildman–Crippen LogP) is 4.07. The van der Waals surface area contributed by atoms with Gasteiger partial charge < -0.3 is 19.7 Å². The van der Waals surface area contributed by atoms with E-state index in [4.69, 9.17) is 0 Å². The van der Waals surface area contributed by atoms with Crippen LogP contribution in [0.3, 0.4) is 0 Å². The van der Waals surface area contributed by atoms with E-state index in [2.05, 4.69) is 45.9 Å². The van der Waals surface area contributed by atoms with Crippen molar-refractivity contribution in [2.75, 3.05) is 36.4 Å². The molecule has 0 unspecified atom stereocenters. The fraction of sp³-hybridized carbons (Fsp3) is 0.400. The van der Waals surface area contributed by atoms with Gasteiger partial charge in [-0.1, -0.05) is 12.1 Å². The Morgan fingerprint density at radius 3 is 2.53 bits per heavy atom. The first-order valence-electron chi connectivity index (χ1n) is 11.4. The Balaban J connectivity index is 1.23. The fourth-order valence-electron chi connectivity index (χ4n) is 4.24. The maximum absolute atomic E-state index is 12.6. The molecule has 0 bridgehead atoms. The molecular formula is C25H31N5O2. The van der Waals surface area contributed by atoms with Crippen molar-refractivity contribution in [3.05, 3.63) is 54.9 Å². The maximum atomic E-state index is 12.6. The zero-order valence-electron chi connectivity index (χ0n) is 18.8. The molecule has 3 heterocycles. The monoisotopic (exact) mass is 433 g/mol. The third-order valence-corrected chi connectivity index (χ3v) is 5.99. The van der Waals surface area contributed by atoms with E-state index in [-0.39, 0.29) is 11.8 Å². The van der Waals surface area contributed by atoms with Crippen LogP contribution in [0.1, 0.15) is 39.2 Å². The Kier molecular flexibility index (Phi) is 6.73. The normalized spacial score (nSPS) is 14.2. The number of hydrogen-bond acceptors (Lipinski definition) is 4. The van der Waals surface area contributed by atoms with Gasteiger partial charge in [-0.05, 0) is 50.6 Å². The van der Waals surface area contributed by atoms with Crippen molar-refractivity contribution in [3.8, 4) is 0 Å². The van der Waals surface area contributed by atoms with Gasteiger partial charge in [0.1, 0.15) is 5.82 Å².